The smallest absolute Gasteiger partial charge is 0.242 e. The molecule has 8 heteroatoms. The van der Waals surface area contributed by atoms with Crippen molar-refractivity contribution >= 4 is 17.4 Å². The molecule has 2 aliphatic heterocycles. The molecule has 0 saturated carbocycles. The summed E-state index contributed by atoms with van der Waals surface area (Å²) < 4.78 is 5.63. The minimum Gasteiger partial charge on any atom is -0.494 e. The lowest BCUT2D eigenvalue weighted by Gasteiger charge is -2.34. The van der Waals surface area contributed by atoms with Crippen LogP contribution in [0.5, 0.6) is 5.75 Å². The van der Waals surface area contributed by atoms with Gasteiger partial charge < -0.3 is 20.0 Å². The molecule has 1 aromatic carbocycles. The van der Waals surface area contributed by atoms with E-state index in [2.05, 4.69) is 20.8 Å². The number of hydrogen-bond acceptors (Lipinski definition) is 7. The van der Waals surface area contributed by atoms with E-state index in [9.17, 15) is 4.79 Å². The van der Waals surface area contributed by atoms with Gasteiger partial charge in [-0.05, 0) is 32.0 Å². The zero-order valence-electron chi connectivity index (χ0n) is 15.6. The number of nitrogens with one attached hydrogen (secondary N) is 2. The highest BCUT2D eigenvalue weighted by Crippen LogP contribution is 2.35. The normalized spacial score (nSPS) is 19.0. The monoisotopic (exact) mass is 368 g/mol. The average molecular weight is 368 g/mol. The highest BCUT2D eigenvalue weighted by molar-refractivity contribution is 5.82. The molecule has 27 heavy (non-hydrogen) atoms. The molecule has 4 rings (SSSR count). The summed E-state index contributed by atoms with van der Waals surface area (Å²) in [5, 5.41) is 0. The zero-order valence-corrected chi connectivity index (χ0v) is 15.6. The highest BCUT2D eigenvalue weighted by Gasteiger charge is 2.28. The van der Waals surface area contributed by atoms with Gasteiger partial charge in [-0.25, -0.2) is 15.4 Å². The molecule has 2 aliphatic rings. The quantitative estimate of drug-likeness (QED) is 0.829. The van der Waals surface area contributed by atoms with Crippen LogP contribution in [0.1, 0.15) is 31.1 Å². The van der Waals surface area contributed by atoms with E-state index >= 15 is 0 Å². The van der Waals surface area contributed by atoms with Gasteiger partial charge in [0.05, 0.1) is 30.6 Å². The van der Waals surface area contributed by atoms with E-state index in [1.807, 2.05) is 47.9 Å². The third-order valence-corrected chi connectivity index (χ3v) is 4.99. The third-order valence-electron chi connectivity index (χ3n) is 4.99. The minimum absolute atomic E-state index is 0.102. The second kappa shape index (κ2) is 7.40. The Morgan fingerprint density at radius 2 is 2.11 bits per heavy atom. The number of anilines is 2. The molecule has 2 N–H and O–H groups in total. The summed E-state index contributed by atoms with van der Waals surface area (Å²) >= 11 is 0. The number of amides is 1. The molecular weight excluding hydrogens is 344 g/mol. The second-order valence-corrected chi connectivity index (χ2v) is 6.58. The number of rotatable bonds is 5. The van der Waals surface area contributed by atoms with Crippen LogP contribution in [-0.2, 0) is 4.79 Å². The molecule has 0 spiro atoms. The summed E-state index contributed by atoms with van der Waals surface area (Å²) in [7, 11) is 0. The van der Waals surface area contributed by atoms with Crippen molar-refractivity contribution in [3.63, 3.8) is 0 Å². The van der Waals surface area contributed by atoms with Crippen LogP contribution in [0, 0.1) is 0 Å². The van der Waals surface area contributed by atoms with Gasteiger partial charge in [0.15, 0.2) is 0 Å². The Balaban J connectivity index is 1.58. The van der Waals surface area contributed by atoms with Crippen molar-refractivity contribution in [1.82, 2.24) is 20.3 Å². The summed E-state index contributed by atoms with van der Waals surface area (Å²) in [6, 6.07) is 7.83. The number of ether oxygens (including phenoxy) is 1. The maximum absolute atomic E-state index is 12.2. The van der Waals surface area contributed by atoms with Crippen molar-refractivity contribution in [3.05, 3.63) is 41.9 Å². The summed E-state index contributed by atoms with van der Waals surface area (Å²) in [5.74, 6) is 1.75. The van der Waals surface area contributed by atoms with E-state index < -0.39 is 0 Å². The Morgan fingerprint density at radius 3 is 2.89 bits per heavy atom. The van der Waals surface area contributed by atoms with Gasteiger partial charge in [-0.15, -0.1) is 0 Å². The maximum atomic E-state index is 12.2. The summed E-state index contributed by atoms with van der Waals surface area (Å²) in [6.45, 7) is 7.19. The van der Waals surface area contributed by atoms with E-state index in [4.69, 9.17) is 4.74 Å². The Labute approximate surface area is 158 Å². The van der Waals surface area contributed by atoms with Crippen LogP contribution in [0.3, 0.4) is 0 Å². The number of benzene rings is 1. The number of aromatic nitrogens is 2. The number of carbonyl (C=O) groups is 1. The van der Waals surface area contributed by atoms with Crippen LogP contribution in [-0.4, -0.2) is 53.6 Å². The van der Waals surface area contributed by atoms with Gasteiger partial charge in [0.2, 0.25) is 5.91 Å². The Hall–Kier alpha value is -2.87. The first kappa shape index (κ1) is 17.5. The molecule has 0 bridgehead atoms. The molecular formula is C19H24N6O2. The van der Waals surface area contributed by atoms with Crippen molar-refractivity contribution < 1.29 is 9.53 Å². The molecule has 142 valence electrons. The van der Waals surface area contributed by atoms with Gasteiger partial charge in [0, 0.05) is 31.3 Å². The Bertz CT molecular complexity index is 843. The lowest BCUT2D eigenvalue weighted by Crippen LogP contribution is -2.50. The lowest BCUT2D eigenvalue weighted by molar-refractivity contribution is -0.130. The second-order valence-electron chi connectivity index (χ2n) is 6.58. The predicted molar refractivity (Wildman–Crippen MR) is 103 cm³/mol. The Kier molecular flexibility index (Phi) is 4.81. The largest absolute Gasteiger partial charge is 0.494 e. The van der Waals surface area contributed by atoms with E-state index in [1.54, 1.807) is 6.33 Å². The van der Waals surface area contributed by atoms with Crippen molar-refractivity contribution in [2.75, 3.05) is 43.1 Å². The number of piperazine rings is 1. The SMILES string of the molecule is CCOc1ccc2c(c1)C(c1cc(N3CCN(CC)C(=O)C3)ncn1)NN2. The van der Waals surface area contributed by atoms with Crippen molar-refractivity contribution in [3.8, 4) is 5.75 Å². The summed E-state index contributed by atoms with van der Waals surface area (Å²) in [5.41, 5.74) is 9.41. The van der Waals surface area contributed by atoms with Crippen molar-refractivity contribution in [1.29, 1.82) is 0 Å². The van der Waals surface area contributed by atoms with Gasteiger partial charge in [-0.1, -0.05) is 0 Å². The van der Waals surface area contributed by atoms with Crippen LogP contribution < -0.4 is 20.5 Å². The zero-order chi connectivity index (χ0) is 18.8. The molecule has 1 aromatic heterocycles. The van der Waals surface area contributed by atoms with Gasteiger partial charge in [0.25, 0.3) is 0 Å². The van der Waals surface area contributed by atoms with Gasteiger partial charge >= 0.3 is 0 Å². The van der Waals surface area contributed by atoms with Gasteiger partial charge in [0.1, 0.15) is 17.9 Å². The fourth-order valence-electron chi connectivity index (χ4n) is 3.54. The first-order chi connectivity index (χ1) is 13.2. The van der Waals surface area contributed by atoms with Crippen molar-refractivity contribution in [2.24, 2.45) is 0 Å². The molecule has 0 aliphatic carbocycles. The molecule has 8 nitrogen and oxygen atoms in total. The fourth-order valence-corrected chi connectivity index (χ4v) is 3.54. The highest BCUT2D eigenvalue weighted by atomic mass is 16.5. The lowest BCUT2D eigenvalue weighted by atomic mass is 10.0. The van der Waals surface area contributed by atoms with Gasteiger partial charge in [-0.3, -0.25) is 4.79 Å². The molecule has 2 aromatic rings. The average Bonchev–Trinajstić information content (AvgIpc) is 3.11. The van der Waals surface area contributed by atoms with Gasteiger partial charge in [-0.2, -0.15) is 0 Å². The van der Waals surface area contributed by atoms with E-state index in [0.717, 1.165) is 48.1 Å². The number of hydrogen-bond donors (Lipinski definition) is 2. The molecule has 3 heterocycles. The topological polar surface area (TPSA) is 82.6 Å². The van der Waals surface area contributed by atoms with Crippen LogP contribution in [0.2, 0.25) is 0 Å². The van der Waals surface area contributed by atoms with Crippen molar-refractivity contribution in [2.45, 2.75) is 19.9 Å². The number of hydrazine groups is 1. The van der Waals surface area contributed by atoms with Crippen LogP contribution in [0.4, 0.5) is 11.5 Å². The number of carbonyl (C=O) groups excluding carboxylic acids is 1. The first-order valence-electron chi connectivity index (χ1n) is 9.32. The number of nitrogens with zero attached hydrogens (tertiary/aromatic N) is 4. The number of likely N-dealkylation sites (N-methyl/N-ethyl adjacent to an activating group) is 1. The third kappa shape index (κ3) is 3.40. The molecule has 1 fully saturated rings. The molecule has 1 saturated heterocycles. The fraction of sp³-hybridized carbons (Fsp3) is 0.421. The molecule has 1 unspecified atom stereocenters. The summed E-state index contributed by atoms with van der Waals surface area (Å²) in [4.78, 5) is 25.0. The maximum Gasteiger partial charge on any atom is 0.242 e. The first-order valence-corrected chi connectivity index (χ1v) is 9.32. The standard InChI is InChI=1S/C19H24N6O2/c1-3-24-7-8-25(11-18(24)26)17-10-16(20-12-21-17)19-14-9-13(27-4-2)5-6-15(14)22-23-19/h5-6,9-10,12,19,22-23H,3-4,7-8,11H2,1-2H3. The van der Waals surface area contributed by atoms with E-state index in [1.165, 1.54) is 0 Å². The summed E-state index contributed by atoms with van der Waals surface area (Å²) in [6.07, 6.45) is 1.56. The van der Waals surface area contributed by atoms with E-state index in [-0.39, 0.29) is 11.9 Å². The van der Waals surface area contributed by atoms with E-state index in [0.29, 0.717) is 13.2 Å². The van der Waals surface area contributed by atoms with Crippen LogP contribution in [0.25, 0.3) is 0 Å². The minimum atomic E-state index is -0.102. The Morgan fingerprint density at radius 1 is 1.22 bits per heavy atom. The molecule has 1 amide bonds. The molecule has 1 atom stereocenters. The molecule has 0 radical (unpaired) electrons. The van der Waals surface area contributed by atoms with Crippen LogP contribution in [0.15, 0.2) is 30.6 Å². The predicted octanol–water partition coefficient (Wildman–Crippen LogP) is 1.56. The van der Waals surface area contributed by atoms with Crippen LogP contribution >= 0.6 is 0 Å². The number of fused-ring (bicyclic) bond motifs is 1.